The molecule has 2 aromatic rings. The van der Waals surface area contributed by atoms with Gasteiger partial charge in [0.15, 0.2) is 5.16 Å². The van der Waals surface area contributed by atoms with Crippen molar-refractivity contribution in [3.8, 4) is 5.75 Å². The van der Waals surface area contributed by atoms with E-state index < -0.39 is 0 Å². The minimum Gasteiger partial charge on any atom is -0.493 e. The van der Waals surface area contributed by atoms with E-state index in [0.717, 1.165) is 17.1 Å². The Morgan fingerprint density at radius 2 is 2.26 bits per heavy atom. The van der Waals surface area contributed by atoms with E-state index in [1.807, 2.05) is 19.1 Å². The third-order valence-electron chi connectivity index (χ3n) is 2.42. The Hall–Kier alpha value is -1.89. The van der Waals surface area contributed by atoms with Gasteiger partial charge in [0, 0.05) is 23.7 Å². The standard InChI is InChI=1S/C12H16N4O2S/c1-3-4-18-9-5-8(13)6-10(7-9)19-12-15-14-11(17)16(12)2/h5-7H,3-4,13H2,1-2H3,(H,14,17). The van der Waals surface area contributed by atoms with Gasteiger partial charge in [-0.2, -0.15) is 0 Å². The van der Waals surface area contributed by atoms with Crippen LogP contribution in [0.1, 0.15) is 13.3 Å². The Morgan fingerprint density at radius 3 is 2.89 bits per heavy atom. The van der Waals surface area contributed by atoms with Crippen LogP contribution < -0.4 is 16.2 Å². The van der Waals surface area contributed by atoms with Crippen molar-refractivity contribution in [3.05, 3.63) is 28.7 Å². The van der Waals surface area contributed by atoms with Crippen LogP contribution in [0.2, 0.25) is 0 Å². The lowest BCUT2D eigenvalue weighted by molar-refractivity contribution is 0.317. The molecule has 2 rings (SSSR count). The second-order valence-corrected chi connectivity index (χ2v) is 5.10. The van der Waals surface area contributed by atoms with Crippen molar-refractivity contribution in [3.63, 3.8) is 0 Å². The summed E-state index contributed by atoms with van der Waals surface area (Å²) in [5.41, 5.74) is 6.22. The van der Waals surface area contributed by atoms with E-state index in [1.54, 1.807) is 13.1 Å². The number of hydrogen-bond acceptors (Lipinski definition) is 5. The first-order valence-corrected chi connectivity index (χ1v) is 6.74. The normalized spacial score (nSPS) is 10.6. The summed E-state index contributed by atoms with van der Waals surface area (Å²) in [6, 6.07) is 5.49. The van der Waals surface area contributed by atoms with Gasteiger partial charge in [-0.3, -0.25) is 4.57 Å². The molecular weight excluding hydrogens is 264 g/mol. The van der Waals surface area contributed by atoms with Gasteiger partial charge in [-0.25, -0.2) is 9.89 Å². The largest absolute Gasteiger partial charge is 0.493 e. The molecule has 0 amide bonds. The molecule has 0 fully saturated rings. The third-order valence-corrected chi connectivity index (χ3v) is 3.44. The number of ether oxygens (including phenoxy) is 1. The second-order valence-electron chi connectivity index (χ2n) is 4.06. The van der Waals surface area contributed by atoms with E-state index in [-0.39, 0.29) is 5.69 Å². The summed E-state index contributed by atoms with van der Waals surface area (Å²) in [6.07, 6.45) is 0.936. The van der Waals surface area contributed by atoms with Crippen molar-refractivity contribution >= 4 is 17.4 Å². The number of aromatic nitrogens is 3. The SMILES string of the molecule is CCCOc1cc(N)cc(Sc2n[nH]c(=O)n2C)c1. The maximum atomic E-state index is 11.3. The quantitative estimate of drug-likeness (QED) is 0.813. The van der Waals surface area contributed by atoms with Crippen LogP contribution in [0.15, 0.2) is 33.0 Å². The van der Waals surface area contributed by atoms with Crippen molar-refractivity contribution in [2.45, 2.75) is 23.4 Å². The number of benzene rings is 1. The molecule has 6 nitrogen and oxygen atoms in total. The molecule has 0 atom stereocenters. The van der Waals surface area contributed by atoms with Gasteiger partial charge in [-0.05, 0) is 30.3 Å². The number of anilines is 1. The van der Waals surface area contributed by atoms with E-state index in [4.69, 9.17) is 10.5 Å². The lowest BCUT2D eigenvalue weighted by atomic mass is 10.3. The highest BCUT2D eigenvalue weighted by Gasteiger charge is 2.08. The van der Waals surface area contributed by atoms with Crippen LogP contribution in [-0.4, -0.2) is 21.4 Å². The first kappa shape index (κ1) is 13.5. The zero-order chi connectivity index (χ0) is 13.8. The molecule has 1 aromatic heterocycles. The molecule has 0 saturated carbocycles. The summed E-state index contributed by atoms with van der Waals surface area (Å²) >= 11 is 1.36. The smallest absolute Gasteiger partial charge is 0.343 e. The summed E-state index contributed by atoms with van der Waals surface area (Å²) in [4.78, 5) is 12.2. The summed E-state index contributed by atoms with van der Waals surface area (Å²) in [5, 5.41) is 6.91. The van der Waals surface area contributed by atoms with Crippen LogP contribution in [0, 0.1) is 0 Å². The van der Waals surface area contributed by atoms with Gasteiger partial charge < -0.3 is 10.5 Å². The topological polar surface area (TPSA) is 85.9 Å². The van der Waals surface area contributed by atoms with Crippen LogP contribution in [0.3, 0.4) is 0 Å². The molecule has 1 aromatic carbocycles. The number of nitrogens with one attached hydrogen (secondary N) is 1. The first-order valence-electron chi connectivity index (χ1n) is 5.92. The predicted molar refractivity (Wildman–Crippen MR) is 74.6 cm³/mol. The first-order chi connectivity index (χ1) is 9.10. The van der Waals surface area contributed by atoms with Crippen molar-refractivity contribution in [2.24, 2.45) is 7.05 Å². The number of nitrogens with zero attached hydrogens (tertiary/aromatic N) is 2. The van der Waals surface area contributed by atoms with Gasteiger partial charge in [0.25, 0.3) is 0 Å². The molecule has 0 aliphatic heterocycles. The monoisotopic (exact) mass is 280 g/mol. The van der Waals surface area contributed by atoms with Crippen LogP contribution in [0.5, 0.6) is 5.75 Å². The lowest BCUT2D eigenvalue weighted by Crippen LogP contribution is -2.12. The highest BCUT2D eigenvalue weighted by molar-refractivity contribution is 7.99. The highest BCUT2D eigenvalue weighted by atomic mass is 32.2. The maximum Gasteiger partial charge on any atom is 0.343 e. The van der Waals surface area contributed by atoms with Gasteiger partial charge in [0.1, 0.15) is 5.75 Å². The van der Waals surface area contributed by atoms with Crippen molar-refractivity contribution in [1.29, 1.82) is 0 Å². The van der Waals surface area contributed by atoms with E-state index in [1.165, 1.54) is 16.3 Å². The van der Waals surface area contributed by atoms with Crippen molar-refractivity contribution in [2.75, 3.05) is 12.3 Å². The van der Waals surface area contributed by atoms with E-state index in [0.29, 0.717) is 17.5 Å². The number of nitrogen functional groups attached to an aromatic ring is 1. The molecule has 0 bridgehead atoms. The molecule has 3 N–H and O–H groups in total. The Labute approximate surface area is 115 Å². The van der Waals surface area contributed by atoms with Gasteiger partial charge in [0.05, 0.1) is 6.61 Å². The van der Waals surface area contributed by atoms with Crippen LogP contribution in [0.25, 0.3) is 0 Å². The predicted octanol–water partition coefficient (Wildman–Crippen LogP) is 1.63. The van der Waals surface area contributed by atoms with E-state index in [9.17, 15) is 4.79 Å². The minimum atomic E-state index is -0.242. The molecule has 102 valence electrons. The van der Waals surface area contributed by atoms with Gasteiger partial charge in [-0.15, -0.1) is 5.10 Å². The molecule has 0 saturated heterocycles. The third kappa shape index (κ3) is 3.31. The van der Waals surface area contributed by atoms with Crippen LogP contribution in [0.4, 0.5) is 5.69 Å². The number of rotatable bonds is 5. The Kier molecular flexibility index (Phi) is 4.16. The van der Waals surface area contributed by atoms with E-state index in [2.05, 4.69) is 10.2 Å². The average molecular weight is 280 g/mol. The van der Waals surface area contributed by atoms with Crippen LogP contribution in [-0.2, 0) is 7.05 Å². The fraction of sp³-hybridized carbons (Fsp3) is 0.333. The Bertz CT molecular complexity index is 620. The second kappa shape index (κ2) is 5.83. The molecule has 7 heteroatoms. The minimum absolute atomic E-state index is 0.242. The Balaban J connectivity index is 2.22. The van der Waals surface area contributed by atoms with Gasteiger partial charge in [0.2, 0.25) is 0 Å². The number of hydrogen-bond donors (Lipinski definition) is 2. The van der Waals surface area contributed by atoms with Crippen molar-refractivity contribution < 1.29 is 4.74 Å². The molecule has 0 aliphatic carbocycles. The number of aromatic amines is 1. The highest BCUT2D eigenvalue weighted by Crippen LogP contribution is 2.30. The fourth-order valence-corrected chi connectivity index (χ4v) is 2.38. The molecule has 0 aliphatic rings. The van der Waals surface area contributed by atoms with E-state index >= 15 is 0 Å². The summed E-state index contributed by atoms with van der Waals surface area (Å²) in [6.45, 7) is 2.69. The molecule has 0 spiro atoms. The zero-order valence-electron chi connectivity index (χ0n) is 10.8. The summed E-state index contributed by atoms with van der Waals surface area (Å²) in [5.74, 6) is 0.727. The fourth-order valence-electron chi connectivity index (χ4n) is 1.49. The number of nitrogens with two attached hydrogens (primary N) is 1. The van der Waals surface area contributed by atoms with Crippen molar-refractivity contribution in [1.82, 2.24) is 14.8 Å². The lowest BCUT2D eigenvalue weighted by Gasteiger charge is -2.08. The molecule has 19 heavy (non-hydrogen) atoms. The van der Waals surface area contributed by atoms with Gasteiger partial charge >= 0.3 is 5.69 Å². The maximum absolute atomic E-state index is 11.3. The number of H-pyrrole nitrogens is 1. The average Bonchev–Trinajstić information content (AvgIpc) is 2.68. The zero-order valence-corrected chi connectivity index (χ0v) is 11.7. The molecule has 1 heterocycles. The Morgan fingerprint density at radius 1 is 1.47 bits per heavy atom. The summed E-state index contributed by atoms with van der Waals surface area (Å²) in [7, 11) is 1.66. The molecular formula is C12H16N4O2S. The molecule has 0 radical (unpaired) electrons. The van der Waals surface area contributed by atoms with Crippen LogP contribution >= 0.6 is 11.8 Å². The summed E-state index contributed by atoms with van der Waals surface area (Å²) < 4.78 is 7.00. The van der Waals surface area contributed by atoms with Gasteiger partial charge in [-0.1, -0.05) is 6.92 Å². The molecule has 0 unspecified atom stereocenters.